The Bertz CT molecular complexity index is 585. The molecule has 1 heterocycles. The van der Waals surface area contributed by atoms with E-state index in [4.69, 9.17) is 0 Å². The van der Waals surface area contributed by atoms with Crippen molar-refractivity contribution in [3.8, 4) is 11.4 Å². The van der Waals surface area contributed by atoms with Crippen LogP contribution in [0.15, 0.2) is 33.9 Å². The molecule has 0 saturated carbocycles. The number of H-pyrrole nitrogens is 1. The first-order valence-electron chi connectivity index (χ1n) is 6.77. The van der Waals surface area contributed by atoms with Gasteiger partial charge in [-0.25, -0.2) is 4.98 Å². The van der Waals surface area contributed by atoms with Gasteiger partial charge in [0, 0.05) is 16.6 Å². The Morgan fingerprint density at radius 1 is 1.38 bits per heavy atom. The van der Waals surface area contributed by atoms with Crippen molar-refractivity contribution in [1.29, 1.82) is 0 Å². The molecule has 0 bridgehead atoms. The molecular weight excluding hydrogens is 352 g/mol. The number of carbonyl (C=O) groups excluding carboxylic acids is 1. The fourth-order valence-electron chi connectivity index (χ4n) is 1.63. The standard InChI is InChI=1S/C14H17BrN4OS/c1-2-3-8-16-12(20)9-21-14-17-13(18-19-14)10-4-6-11(15)7-5-10/h4-7H,2-3,8-9H2,1H3,(H,16,20)(H,17,18,19). The number of carbonyl (C=O) groups is 1. The highest BCUT2D eigenvalue weighted by Crippen LogP contribution is 2.20. The van der Waals surface area contributed by atoms with Gasteiger partial charge in [-0.3, -0.25) is 9.89 Å². The maximum atomic E-state index is 11.6. The normalized spacial score (nSPS) is 10.6. The van der Waals surface area contributed by atoms with E-state index in [2.05, 4.69) is 43.4 Å². The van der Waals surface area contributed by atoms with Gasteiger partial charge in [0.05, 0.1) is 5.75 Å². The Morgan fingerprint density at radius 2 is 2.14 bits per heavy atom. The Morgan fingerprint density at radius 3 is 2.86 bits per heavy atom. The summed E-state index contributed by atoms with van der Waals surface area (Å²) in [6, 6.07) is 7.81. The molecule has 0 aliphatic heterocycles. The number of nitrogens with one attached hydrogen (secondary N) is 2. The molecule has 0 spiro atoms. The fourth-order valence-corrected chi connectivity index (χ4v) is 2.53. The minimum atomic E-state index is 0.0171. The first kappa shape index (κ1) is 16.0. The average Bonchev–Trinajstić information content (AvgIpc) is 2.95. The molecule has 1 aromatic carbocycles. The number of rotatable bonds is 7. The van der Waals surface area contributed by atoms with E-state index in [9.17, 15) is 4.79 Å². The molecular formula is C14H17BrN4OS. The molecule has 21 heavy (non-hydrogen) atoms. The van der Waals surface area contributed by atoms with Crippen LogP contribution >= 0.6 is 27.7 Å². The van der Waals surface area contributed by atoms with Gasteiger partial charge in [0.25, 0.3) is 0 Å². The number of aromatic amines is 1. The highest BCUT2D eigenvalue weighted by atomic mass is 79.9. The molecule has 0 aliphatic carbocycles. The highest BCUT2D eigenvalue weighted by Gasteiger charge is 2.08. The van der Waals surface area contributed by atoms with E-state index in [1.54, 1.807) is 0 Å². The van der Waals surface area contributed by atoms with Crippen molar-refractivity contribution in [3.05, 3.63) is 28.7 Å². The summed E-state index contributed by atoms with van der Waals surface area (Å²) in [6.07, 6.45) is 2.08. The fraction of sp³-hybridized carbons (Fsp3) is 0.357. The monoisotopic (exact) mass is 368 g/mol. The van der Waals surface area contributed by atoms with Gasteiger partial charge < -0.3 is 5.32 Å². The quantitative estimate of drug-likeness (QED) is 0.581. The lowest BCUT2D eigenvalue weighted by atomic mass is 10.2. The first-order chi connectivity index (χ1) is 10.2. The molecule has 2 N–H and O–H groups in total. The molecule has 2 rings (SSSR count). The van der Waals surface area contributed by atoms with Crippen LogP contribution < -0.4 is 5.32 Å². The summed E-state index contributed by atoms with van der Waals surface area (Å²) in [7, 11) is 0. The number of hydrogen-bond donors (Lipinski definition) is 2. The van der Waals surface area contributed by atoms with Crippen molar-refractivity contribution >= 4 is 33.6 Å². The Labute approximate surface area is 136 Å². The van der Waals surface area contributed by atoms with E-state index < -0.39 is 0 Å². The van der Waals surface area contributed by atoms with Gasteiger partial charge >= 0.3 is 0 Å². The van der Waals surface area contributed by atoms with Crippen LogP contribution in [0.4, 0.5) is 0 Å². The van der Waals surface area contributed by atoms with Crippen LogP contribution in [0.3, 0.4) is 0 Å². The lowest BCUT2D eigenvalue weighted by Crippen LogP contribution is -2.26. The van der Waals surface area contributed by atoms with E-state index >= 15 is 0 Å². The zero-order valence-corrected chi connectivity index (χ0v) is 14.1. The molecule has 0 atom stereocenters. The lowest BCUT2D eigenvalue weighted by Gasteiger charge is -2.01. The zero-order valence-electron chi connectivity index (χ0n) is 11.7. The number of benzene rings is 1. The van der Waals surface area contributed by atoms with Crippen LogP contribution in [0.25, 0.3) is 11.4 Å². The van der Waals surface area contributed by atoms with Gasteiger partial charge in [-0.1, -0.05) is 53.2 Å². The van der Waals surface area contributed by atoms with Crippen molar-refractivity contribution < 1.29 is 4.79 Å². The van der Waals surface area contributed by atoms with Crippen molar-refractivity contribution in [1.82, 2.24) is 20.5 Å². The predicted octanol–water partition coefficient (Wildman–Crippen LogP) is 3.24. The third kappa shape index (κ3) is 5.17. The number of aromatic nitrogens is 3. The molecule has 0 unspecified atom stereocenters. The van der Waals surface area contributed by atoms with Crippen LogP contribution in [0.2, 0.25) is 0 Å². The number of thioether (sulfide) groups is 1. The molecule has 0 saturated heterocycles. The summed E-state index contributed by atoms with van der Waals surface area (Å²) in [6.45, 7) is 2.83. The zero-order chi connectivity index (χ0) is 15.1. The Balaban J connectivity index is 1.86. The predicted molar refractivity (Wildman–Crippen MR) is 88.2 cm³/mol. The largest absolute Gasteiger partial charge is 0.355 e. The third-order valence-corrected chi connectivity index (χ3v) is 4.14. The second-order valence-corrected chi connectivity index (χ2v) is 6.32. The summed E-state index contributed by atoms with van der Waals surface area (Å²) in [5.74, 6) is 1.06. The van der Waals surface area contributed by atoms with Gasteiger partial charge in [0.15, 0.2) is 5.82 Å². The number of halogens is 1. The third-order valence-electron chi connectivity index (χ3n) is 2.77. The number of amides is 1. The molecule has 0 radical (unpaired) electrons. The Hall–Kier alpha value is -1.34. The summed E-state index contributed by atoms with van der Waals surface area (Å²) < 4.78 is 1.02. The summed E-state index contributed by atoms with van der Waals surface area (Å²) >= 11 is 4.73. The SMILES string of the molecule is CCCCNC(=O)CSc1n[nH]c(-c2ccc(Br)cc2)n1. The van der Waals surface area contributed by atoms with E-state index in [1.807, 2.05) is 24.3 Å². The van der Waals surface area contributed by atoms with Crippen LogP contribution in [0.1, 0.15) is 19.8 Å². The summed E-state index contributed by atoms with van der Waals surface area (Å²) in [4.78, 5) is 16.0. The summed E-state index contributed by atoms with van der Waals surface area (Å²) in [5.41, 5.74) is 0.963. The Kier molecular flexibility index (Phi) is 6.25. The second kappa shape index (κ2) is 8.19. The van der Waals surface area contributed by atoms with Crippen LogP contribution in [0, 0.1) is 0 Å². The first-order valence-corrected chi connectivity index (χ1v) is 8.54. The average molecular weight is 369 g/mol. The minimum absolute atomic E-state index is 0.0171. The number of nitrogens with zero attached hydrogens (tertiary/aromatic N) is 2. The van der Waals surface area contributed by atoms with Gasteiger partial charge in [-0.2, -0.15) is 0 Å². The second-order valence-electron chi connectivity index (χ2n) is 4.47. The molecule has 5 nitrogen and oxygen atoms in total. The van der Waals surface area contributed by atoms with Crippen LogP contribution in [-0.2, 0) is 4.79 Å². The molecule has 0 aliphatic rings. The summed E-state index contributed by atoms with van der Waals surface area (Å²) in [5, 5.41) is 10.5. The maximum Gasteiger partial charge on any atom is 0.230 e. The van der Waals surface area contributed by atoms with Crippen molar-refractivity contribution in [2.45, 2.75) is 24.9 Å². The number of unbranched alkanes of at least 4 members (excludes halogenated alkanes) is 1. The molecule has 1 aromatic heterocycles. The van der Waals surface area contributed by atoms with Gasteiger partial charge in [0.1, 0.15) is 0 Å². The van der Waals surface area contributed by atoms with E-state index in [1.165, 1.54) is 11.8 Å². The smallest absolute Gasteiger partial charge is 0.230 e. The molecule has 7 heteroatoms. The molecule has 2 aromatic rings. The van der Waals surface area contributed by atoms with E-state index in [0.717, 1.165) is 29.4 Å². The van der Waals surface area contributed by atoms with Crippen molar-refractivity contribution in [2.75, 3.05) is 12.3 Å². The van der Waals surface area contributed by atoms with Gasteiger partial charge in [0.2, 0.25) is 11.1 Å². The van der Waals surface area contributed by atoms with Crippen molar-refractivity contribution in [2.24, 2.45) is 0 Å². The highest BCUT2D eigenvalue weighted by molar-refractivity contribution is 9.10. The van der Waals surface area contributed by atoms with E-state index in [0.29, 0.717) is 16.7 Å². The van der Waals surface area contributed by atoms with Gasteiger partial charge in [-0.05, 0) is 18.6 Å². The van der Waals surface area contributed by atoms with E-state index in [-0.39, 0.29) is 5.91 Å². The lowest BCUT2D eigenvalue weighted by molar-refractivity contribution is -0.118. The molecule has 0 fully saturated rings. The molecule has 1 amide bonds. The maximum absolute atomic E-state index is 11.6. The minimum Gasteiger partial charge on any atom is -0.355 e. The topological polar surface area (TPSA) is 70.7 Å². The van der Waals surface area contributed by atoms with Crippen molar-refractivity contribution in [3.63, 3.8) is 0 Å². The number of hydrogen-bond acceptors (Lipinski definition) is 4. The van der Waals surface area contributed by atoms with Crippen LogP contribution in [-0.4, -0.2) is 33.4 Å². The van der Waals surface area contributed by atoms with Gasteiger partial charge in [-0.15, -0.1) is 5.10 Å². The van der Waals surface area contributed by atoms with Crippen LogP contribution in [0.5, 0.6) is 0 Å². The molecule has 112 valence electrons.